The van der Waals surface area contributed by atoms with Gasteiger partial charge < -0.3 is 9.73 Å². The molecule has 0 saturated heterocycles. The standard InChI is InChI=1S/C12H13BrN2O/c1-14-10(11-5-6-12(13)16-11)8-9-4-2-3-7-15-9/h2-7,10,14H,8H2,1H3. The van der Waals surface area contributed by atoms with Crippen LogP contribution in [0.15, 0.2) is 45.6 Å². The SMILES string of the molecule is CNC(Cc1ccccn1)c1ccc(Br)o1. The summed E-state index contributed by atoms with van der Waals surface area (Å²) >= 11 is 3.30. The van der Waals surface area contributed by atoms with Gasteiger partial charge in [0.15, 0.2) is 4.67 Å². The summed E-state index contributed by atoms with van der Waals surface area (Å²) in [6, 6.07) is 9.95. The minimum atomic E-state index is 0.154. The minimum absolute atomic E-state index is 0.154. The van der Waals surface area contributed by atoms with Gasteiger partial charge in [0.05, 0.1) is 6.04 Å². The second-order valence-electron chi connectivity index (χ2n) is 3.51. The van der Waals surface area contributed by atoms with Gasteiger partial charge in [0.2, 0.25) is 0 Å². The number of rotatable bonds is 4. The number of halogens is 1. The van der Waals surface area contributed by atoms with Crippen molar-refractivity contribution < 1.29 is 4.42 Å². The van der Waals surface area contributed by atoms with Crippen molar-refractivity contribution in [1.82, 2.24) is 10.3 Å². The summed E-state index contributed by atoms with van der Waals surface area (Å²) in [6.07, 6.45) is 2.62. The van der Waals surface area contributed by atoms with Crippen molar-refractivity contribution in [1.29, 1.82) is 0 Å². The molecule has 0 aliphatic rings. The Morgan fingerprint density at radius 1 is 1.38 bits per heavy atom. The van der Waals surface area contributed by atoms with E-state index in [9.17, 15) is 0 Å². The Labute approximate surface area is 103 Å². The molecule has 0 aliphatic carbocycles. The Hall–Kier alpha value is -1.13. The third-order valence-corrected chi connectivity index (χ3v) is 2.85. The number of nitrogens with zero attached hydrogens (tertiary/aromatic N) is 1. The average molecular weight is 281 g/mol. The van der Waals surface area contributed by atoms with Gasteiger partial charge in [0.25, 0.3) is 0 Å². The summed E-state index contributed by atoms with van der Waals surface area (Å²) in [5.41, 5.74) is 1.05. The van der Waals surface area contributed by atoms with Crippen molar-refractivity contribution in [2.75, 3.05) is 7.05 Å². The molecule has 0 radical (unpaired) electrons. The fourth-order valence-electron chi connectivity index (χ4n) is 1.59. The maximum Gasteiger partial charge on any atom is 0.169 e. The van der Waals surface area contributed by atoms with Crippen molar-refractivity contribution in [2.45, 2.75) is 12.5 Å². The first-order chi connectivity index (χ1) is 7.79. The summed E-state index contributed by atoms with van der Waals surface area (Å²) in [5.74, 6) is 0.917. The molecular weight excluding hydrogens is 268 g/mol. The predicted octanol–water partition coefficient (Wildman–Crippen LogP) is 2.94. The van der Waals surface area contributed by atoms with Gasteiger partial charge in [-0.05, 0) is 47.2 Å². The summed E-state index contributed by atoms with van der Waals surface area (Å²) in [5, 5.41) is 3.23. The van der Waals surface area contributed by atoms with Crippen molar-refractivity contribution in [3.63, 3.8) is 0 Å². The largest absolute Gasteiger partial charge is 0.453 e. The Bertz CT molecular complexity index is 441. The van der Waals surface area contributed by atoms with Crippen LogP contribution < -0.4 is 5.32 Å². The lowest BCUT2D eigenvalue weighted by Crippen LogP contribution is -2.18. The van der Waals surface area contributed by atoms with Gasteiger partial charge in [-0.25, -0.2) is 0 Å². The van der Waals surface area contributed by atoms with Crippen LogP contribution in [0.25, 0.3) is 0 Å². The molecule has 16 heavy (non-hydrogen) atoms. The minimum Gasteiger partial charge on any atom is -0.453 e. The zero-order chi connectivity index (χ0) is 11.4. The van der Waals surface area contributed by atoms with Crippen LogP contribution in [0.1, 0.15) is 17.5 Å². The average Bonchev–Trinajstić information content (AvgIpc) is 2.74. The Kier molecular flexibility index (Phi) is 3.74. The van der Waals surface area contributed by atoms with E-state index in [1.165, 1.54) is 0 Å². The number of furan rings is 1. The van der Waals surface area contributed by atoms with Crippen molar-refractivity contribution in [3.05, 3.63) is 52.7 Å². The number of nitrogens with one attached hydrogen (secondary N) is 1. The number of pyridine rings is 1. The molecule has 2 aromatic heterocycles. The highest BCUT2D eigenvalue weighted by atomic mass is 79.9. The van der Waals surface area contributed by atoms with E-state index in [0.29, 0.717) is 0 Å². The van der Waals surface area contributed by atoms with Gasteiger partial charge >= 0.3 is 0 Å². The second kappa shape index (κ2) is 5.27. The van der Waals surface area contributed by atoms with E-state index in [-0.39, 0.29) is 6.04 Å². The fourth-order valence-corrected chi connectivity index (χ4v) is 1.91. The van der Waals surface area contributed by atoms with Gasteiger partial charge in [0, 0.05) is 18.3 Å². The maximum absolute atomic E-state index is 5.54. The number of aromatic nitrogens is 1. The Morgan fingerprint density at radius 3 is 2.81 bits per heavy atom. The van der Waals surface area contributed by atoms with Gasteiger partial charge in [-0.2, -0.15) is 0 Å². The Morgan fingerprint density at radius 2 is 2.25 bits per heavy atom. The molecule has 0 aromatic carbocycles. The first kappa shape index (κ1) is 11.4. The van der Waals surface area contributed by atoms with E-state index in [4.69, 9.17) is 4.42 Å². The first-order valence-corrected chi connectivity index (χ1v) is 5.91. The van der Waals surface area contributed by atoms with E-state index in [2.05, 4.69) is 26.2 Å². The van der Waals surface area contributed by atoms with Gasteiger partial charge in [-0.3, -0.25) is 4.98 Å². The predicted molar refractivity (Wildman–Crippen MR) is 66.1 cm³/mol. The topological polar surface area (TPSA) is 38.1 Å². The molecular formula is C12H13BrN2O. The molecule has 2 rings (SSSR count). The van der Waals surface area contributed by atoms with Crippen molar-refractivity contribution in [2.24, 2.45) is 0 Å². The summed E-state index contributed by atoms with van der Waals surface area (Å²) in [7, 11) is 1.92. The van der Waals surface area contributed by atoms with Crippen LogP contribution in [0, 0.1) is 0 Å². The molecule has 0 saturated carbocycles. The van der Waals surface area contributed by atoms with Gasteiger partial charge in [-0.15, -0.1) is 0 Å². The van der Waals surface area contributed by atoms with E-state index in [0.717, 1.165) is 22.5 Å². The molecule has 2 heterocycles. The highest BCUT2D eigenvalue weighted by molar-refractivity contribution is 9.10. The molecule has 4 heteroatoms. The van der Waals surface area contributed by atoms with Crippen LogP contribution in [-0.2, 0) is 6.42 Å². The van der Waals surface area contributed by atoms with E-state index in [1.54, 1.807) is 6.20 Å². The second-order valence-corrected chi connectivity index (χ2v) is 4.29. The zero-order valence-corrected chi connectivity index (χ0v) is 10.6. The quantitative estimate of drug-likeness (QED) is 0.936. The molecule has 2 aromatic rings. The highest BCUT2D eigenvalue weighted by Crippen LogP contribution is 2.22. The molecule has 0 spiro atoms. The fraction of sp³-hybridized carbons (Fsp3) is 0.250. The molecule has 84 valence electrons. The molecule has 1 atom stereocenters. The first-order valence-electron chi connectivity index (χ1n) is 5.12. The van der Waals surface area contributed by atoms with Crippen molar-refractivity contribution in [3.8, 4) is 0 Å². The number of likely N-dealkylation sites (N-methyl/N-ethyl adjacent to an activating group) is 1. The third-order valence-electron chi connectivity index (χ3n) is 2.43. The lowest BCUT2D eigenvalue weighted by Gasteiger charge is -2.12. The van der Waals surface area contributed by atoms with Gasteiger partial charge in [0.1, 0.15) is 5.76 Å². The molecule has 0 bridgehead atoms. The smallest absolute Gasteiger partial charge is 0.169 e. The molecule has 1 N–H and O–H groups in total. The normalized spacial score (nSPS) is 12.6. The van der Waals surface area contributed by atoms with Crippen LogP contribution in [-0.4, -0.2) is 12.0 Å². The summed E-state index contributed by atoms with van der Waals surface area (Å²) in [6.45, 7) is 0. The monoisotopic (exact) mass is 280 g/mol. The van der Waals surface area contributed by atoms with Crippen LogP contribution in [0.3, 0.4) is 0 Å². The van der Waals surface area contributed by atoms with Gasteiger partial charge in [-0.1, -0.05) is 6.07 Å². The summed E-state index contributed by atoms with van der Waals surface area (Å²) < 4.78 is 6.29. The van der Waals surface area contributed by atoms with Crippen LogP contribution >= 0.6 is 15.9 Å². The summed E-state index contributed by atoms with van der Waals surface area (Å²) in [4.78, 5) is 4.31. The van der Waals surface area contributed by atoms with E-state index >= 15 is 0 Å². The van der Waals surface area contributed by atoms with Crippen LogP contribution in [0.4, 0.5) is 0 Å². The van der Waals surface area contributed by atoms with E-state index < -0.39 is 0 Å². The van der Waals surface area contributed by atoms with Crippen LogP contribution in [0.5, 0.6) is 0 Å². The molecule has 1 unspecified atom stereocenters. The Balaban J connectivity index is 2.12. The lowest BCUT2D eigenvalue weighted by atomic mass is 10.1. The highest BCUT2D eigenvalue weighted by Gasteiger charge is 2.14. The maximum atomic E-state index is 5.54. The number of hydrogen-bond donors (Lipinski definition) is 1. The number of hydrogen-bond acceptors (Lipinski definition) is 3. The lowest BCUT2D eigenvalue weighted by molar-refractivity contribution is 0.415. The zero-order valence-electron chi connectivity index (χ0n) is 8.98. The van der Waals surface area contributed by atoms with Crippen LogP contribution in [0.2, 0.25) is 0 Å². The molecule has 0 amide bonds. The molecule has 0 aliphatic heterocycles. The molecule has 0 fully saturated rings. The van der Waals surface area contributed by atoms with E-state index in [1.807, 2.05) is 37.4 Å². The third kappa shape index (κ3) is 2.71. The molecule has 3 nitrogen and oxygen atoms in total. The van der Waals surface area contributed by atoms with Crippen molar-refractivity contribution >= 4 is 15.9 Å².